The van der Waals surface area contributed by atoms with Crippen molar-refractivity contribution in [2.75, 3.05) is 0 Å². The van der Waals surface area contributed by atoms with Crippen LogP contribution in [0.2, 0.25) is 5.02 Å². The Kier molecular flexibility index (Phi) is 3.88. The van der Waals surface area contributed by atoms with Crippen molar-refractivity contribution in [3.05, 3.63) is 64.9 Å². The van der Waals surface area contributed by atoms with E-state index in [1.54, 1.807) is 18.5 Å². The SMILES string of the molecule is O=C(Cc1ccc(Cl)cc1)NCc1ccc2nc[nH]c2c1. The molecule has 4 nitrogen and oxygen atoms in total. The van der Waals surface area contributed by atoms with Crippen molar-refractivity contribution in [3.8, 4) is 0 Å². The van der Waals surface area contributed by atoms with Crippen LogP contribution in [0.3, 0.4) is 0 Å². The maximum absolute atomic E-state index is 11.9. The second-order valence-electron chi connectivity index (χ2n) is 4.83. The number of amides is 1. The Bertz CT molecular complexity index is 765. The molecule has 0 fully saturated rings. The van der Waals surface area contributed by atoms with Gasteiger partial charge in [-0.15, -0.1) is 0 Å². The lowest BCUT2D eigenvalue weighted by Gasteiger charge is -2.06. The van der Waals surface area contributed by atoms with Crippen molar-refractivity contribution in [2.24, 2.45) is 0 Å². The van der Waals surface area contributed by atoms with Gasteiger partial charge in [0.2, 0.25) is 5.91 Å². The van der Waals surface area contributed by atoms with Gasteiger partial charge in [-0.3, -0.25) is 4.79 Å². The van der Waals surface area contributed by atoms with Gasteiger partial charge in [-0.05, 0) is 35.4 Å². The van der Waals surface area contributed by atoms with Crippen LogP contribution in [0.25, 0.3) is 11.0 Å². The first kappa shape index (κ1) is 13.6. The molecule has 21 heavy (non-hydrogen) atoms. The van der Waals surface area contributed by atoms with E-state index in [0.29, 0.717) is 18.0 Å². The summed E-state index contributed by atoms with van der Waals surface area (Å²) < 4.78 is 0. The zero-order chi connectivity index (χ0) is 14.7. The molecule has 5 heteroatoms. The van der Waals surface area contributed by atoms with Crippen molar-refractivity contribution in [3.63, 3.8) is 0 Å². The number of nitrogens with zero attached hydrogens (tertiary/aromatic N) is 1. The third kappa shape index (κ3) is 3.41. The van der Waals surface area contributed by atoms with E-state index >= 15 is 0 Å². The summed E-state index contributed by atoms with van der Waals surface area (Å²) >= 11 is 5.82. The van der Waals surface area contributed by atoms with Crippen LogP contribution in [-0.2, 0) is 17.8 Å². The summed E-state index contributed by atoms with van der Waals surface area (Å²) in [7, 11) is 0. The minimum atomic E-state index is -0.0120. The van der Waals surface area contributed by atoms with E-state index in [9.17, 15) is 4.79 Å². The summed E-state index contributed by atoms with van der Waals surface area (Å²) in [6.45, 7) is 0.501. The number of carbonyl (C=O) groups excluding carboxylic acids is 1. The predicted octanol–water partition coefficient (Wildman–Crippen LogP) is 3.08. The molecule has 0 spiro atoms. The molecule has 0 bridgehead atoms. The largest absolute Gasteiger partial charge is 0.352 e. The van der Waals surface area contributed by atoms with Gasteiger partial charge in [-0.2, -0.15) is 0 Å². The third-order valence-corrected chi connectivity index (χ3v) is 3.50. The number of rotatable bonds is 4. The molecule has 3 rings (SSSR count). The number of H-pyrrole nitrogens is 1. The molecule has 1 aromatic heterocycles. The maximum Gasteiger partial charge on any atom is 0.224 e. The zero-order valence-electron chi connectivity index (χ0n) is 11.3. The Morgan fingerprint density at radius 2 is 1.90 bits per heavy atom. The molecule has 0 aliphatic carbocycles. The monoisotopic (exact) mass is 299 g/mol. The van der Waals surface area contributed by atoms with Crippen molar-refractivity contribution in [2.45, 2.75) is 13.0 Å². The summed E-state index contributed by atoms with van der Waals surface area (Å²) in [4.78, 5) is 19.1. The number of fused-ring (bicyclic) bond motifs is 1. The molecule has 1 amide bonds. The van der Waals surface area contributed by atoms with E-state index in [2.05, 4.69) is 15.3 Å². The minimum absolute atomic E-state index is 0.0120. The Morgan fingerprint density at radius 1 is 1.14 bits per heavy atom. The molecule has 0 aliphatic heterocycles. The number of carbonyl (C=O) groups is 1. The first-order valence-corrected chi connectivity index (χ1v) is 7.02. The van der Waals surface area contributed by atoms with Crippen LogP contribution in [-0.4, -0.2) is 15.9 Å². The van der Waals surface area contributed by atoms with Crippen LogP contribution >= 0.6 is 11.6 Å². The number of benzene rings is 2. The van der Waals surface area contributed by atoms with Crippen LogP contribution in [0.15, 0.2) is 48.8 Å². The summed E-state index contributed by atoms with van der Waals surface area (Å²) in [6, 6.07) is 13.2. The first-order valence-electron chi connectivity index (χ1n) is 6.64. The van der Waals surface area contributed by atoms with Gasteiger partial charge in [-0.25, -0.2) is 4.98 Å². The highest BCUT2D eigenvalue weighted by molar-refractivity contribution is 6.30. The summed E-state index contributed by atoms with van der Waals surface area (Å²) in [5.74, 6) is -0.0120. The fourth-order valence-corrected chi connectivity index (χ4v) is 2.27. The molecule has 2 aromatic carbocycles. The second kappa shape index (κ2) is 5.97. The molecule has 106 valence electrons. The van der Waals surface area contributed by atoms with E-state index in [4.69, 9.17) is 11.6 Å². The minimum Gasteiger partial charge on any atom is -0.352 e. The molecule has 0 radical (unpaired) electrons. The highest BCUT2D eigenvalue weighted by atomic mass is 35.5. The van der Waals surface area contributed by atoms with Crippen LogP contribution < -0.4 is 5.32 Å². The molecule has 0 saturated heterocycles. The summed E-state index contributed by atoms with van der Waals surface area (Å²) in [5, 5.41) is 3.59. The van der Waals surface area contributed by atoms with Gasteiger partial charge in [0.15, 0.2) is 0 Å². The average molecular weight is 300 g/mol. The lowest BCUT2D eigenvalue weighted by atomic mass is 10.1. The van der Waals surface area contributed by atoms with Gasteiger partial charge in [0.25, 0.3) is 0 Å². The first-order chi connectivity index (χ1) is 10.2. The van der Waals surface area contributed by atoms with Crippen molar-refractivity contribution < 1.29 is 4.79 Å². The van der Waals surface area contributed by atoms with E-state index < -0.39 is 0 Å². The Balaban J connectivity index is 1.58. The van der Waals surface area contributed by atoms with Crippen LogP contribution in [0.5, 0.6) is 0 Å². The second-order valence-corrected chi connectivity index (χ2v) is 5.27. The van der Waals surface area contributed by atoms with Crippen LogP contribution in [0.1, 0.15) is 11.1 Å². The third-order valence-electron chi connectivity index (χ3n) is 3.25. The van der Waals surface area contributed by atoms with Crippen LogP contribution in [0, 0.1) is 0 Å². The molecular formula is C16H14ClN3O. The van der Waals surface area contributed by atoms with Gasteiger partial charge in [0, 0.05) is 11.6 Å². The Labute approximate surface area is 127 Å². The van der Waals surface area contributed by atoms with Gasteiger partial charge < -0.3 is 10.3 Å². The molecule has 0 saturated carbocycles. The van der Waals surface area contributed by atoms with E-state index in [1.807, 2.05) is 30.3 Å². The van der Waals surface area contributed by atoms with Crippen molar-refractivity contribution in [1.82, 2.24) is 15.3 Å². The molecule has 0 atom stereocenters. The van der Waals surface area contributed by atoms with E-state index in [-0.39, 0.29) is 5.91 Å². The molecular weight excluding hydrogens is 286 g/mol. The summed E-state index contributed by atoms with van der Waals surface area (Å²) in [5.41, 5.74) is 3.88. The fraction of sp³-hybridized carbons (Fsp3) is 0.125. The standard InChI is InChI=1S/C16H14ClN3O/c17-13-4-1-11(2-5-13)8-16(21)18-9-12-3-6-14-15(7-12)20-10-19-14/h1-7,10H,8-9H2,(H,18,21)(H,19,20). The highest BCUT2D eigenvalue weighted by Crippen LogP contribution is 2.12. The van der Waals surface area contributed by atoms with Gasteiger partial charge in [0.1, 0.15) is 0 Å². The van der Waals surface area contributed by atoms with Gasteiger partial charge >= 0.3 is 0 Å². The van der Waals surface area contributed by atoms with Crippen LogP contribution in [0.4, 0.5) is 0 Å². The number of aromatic nitrogens is 2. The zero-order valence-corrected chi connectivity index (χ0v) is 12.0. The Hall–Kier alpha value is -2.33. The van der Waals surface area contributed by atoms with Crippen molar-refractivity contribution >= 4 is 28.5 Å². The normalized spacial score (nSPS) is 10.7. The molecule has 2 N–H and O–H groups in total. The highest BCUT2D eigenvalue weighted by Gasteiger charge is 2.04. The van der Waals surface area contributed by atoms with Crippen molar-refractivity contribution in [1.29, 1.82) is 0 Å². The Morgan fingerprint density at radius 3 is 2.71 bits per heavy atom. The lowest BCUT2D eigenvalue weighted by molar-refractivity contribution is -0.120. The topological polar surface area (TPSA) is 57.8 Å². The quantitative estimate of drug-likeness (QED) is 0.778. The molecule has 0 aliphatic rings. The maximum atomic E-state index is 11.9. The van der Waals surface area contributed by atoms with E-state index in [0.717, 1.165) is 22.2 Å². The van der Waals surface area contributed by atoms with Gasteiger partial charge in [0.05, 0.1) is 23.8 Å². The smallest absolute Gasteiger partial charge is 0.224 e. The van der Waals surface area contributed by atoms with Gasteiger partial charge in [-0.1, -0.05) is 29.8 Å². The molecule has 0 unspecified atom stereocenters. The van der Waals surface area contributed by atoms with E-state index in [1.165, 1.54) is 0 Å². The fourth-order valence-electron chi connectivity index (χ4n) is 2.14. The molecule has 3 aromatic rings. The number of imidazole rings is 1. The number of hydrogen-bond acceptors (Lipinski definition) is 2. The number of hydrogen-bond donors (Lipinski definition) is 2. The number of nitrogens with one attached hydrogen (secondary N) is 2. The number of aromatic amines is 1. The average Bonchev–Trinajstić information content (AvgIpc) is 2.95. The molecule has 1 heterocycles. The predicted molar refractivity (Wildman–Crippen MR) is 83.1 cm³/mol. The summed E-state index contributed by atoms with van der Waals surface area (Å²) in [6.07, 6.45) is 2.01. The number of halogens is 1. The lowest BCUT2D eigenvalue weighted by Crippen LogP contribution is -2.24.